The summed E-state index contributed by atoms with van der Waals surface area (Å²) in [6.45, 7) is 0. The Kier molecular flexibility index (Phi) is 3.60. The lowest BCUT2D eigenvalue weighted by molar-refractivity contribution is -0.0374. The monoisotopic (exact) mass is 243 g/mol. The maximum atomic E-state index is 11.4. The predicted octanol–water partition coefficient (Wildman–Crippen LogP) is 2.94. The van der Waals surface area contributed by atoms with Gasteiger partial charge >= 0.3 is 0 Å². The first kappa shape index (κ1) is 12.1. The molecule has 0 saturated carbocycles. The number of carbonyl (C=O) groups excluding carboxylic acids is 1. The van der Waals surface area contributed by atoms with Gasteiger partial charge in [-0.1, -0.05) is 18.2 Å². The van der Waals surface area contributed by atoms with E-state index in [-0.39, 0.29) is 0 Å². The number of nitrogens with zero attached hydrogens (tertiary/aromatic N) is 1. The van der Waals surface area contributed by atoms with Crippen molar-refractivity contribution in [3.63, 3.8) is 0 Å². The molecule has 0 spiro atoms. The average molecular weight is 243 g/mol. The van der Waals surface area contributed by atoms with Gasteiger partial charge in [-0.25, -0.2) is 5.06 Å². The van der Waals surface area contributed by atoms with Crippen LogP contribution in [0.2, 0.25) is 0 Å². The van der Waals surface area contributed by atoms with Crippen LogP contribution in [-0.2, 0) is 0 Å². The number of rotatable bonds is 3. The molecule has 4 heteroatoms. The molecule has 0 aliphatic carbocycles. The molecule has 18 heavy (non-hydrogen) atoms. The molecule has 0 aromatic heterocycles. The second-order valence-electron chi connectivity index (χ2n) is 3.77. The van der Waals surface area contributed by atoms with E-state index in [2.05, 4.69) is 0 Å². The van der Waals surface area contributed by atoms with Gasteiger partial charge in [-0.15, -0.1) is 0 Å². The Labute approximate surface area is 105 Å². The van der Waals surface area contributed by atoms with E-state index in [0.717, 1.165) is 5.75 Å². The van der Waals surface area contributed by atoms with Gasteiger partial charge in [0.2, 0.25) is 0 Å². The second-order valence-corrected chi connectivity index (χ2v) is 3.77. The van der Waals surface area contributed by atoms with Crippen LogP contribution in [0, 0.1) is 0 Å². The largest absolute Gasteiger partial charge is 0.457 e. The summed E-state index contributed by atoms with van der Waals surface area (Å²) in [5.74, 6) is 0.912. The molecule has 0 bridgehead atoms. The van der Waals surface area contributed by atoms with Crippen LogP contribution in [0.1, 0.15) is 10.4 Å². The fraction of sp³-hybridized carbons (Fsp3) is 0.0714. The van der Waals surface area contributed by atoms with Crippen LogP contribution in [0.5, 0.6) is 11.5 Å². The first-order valence-electron chi connectivity index (χ1n) is 5.47. The standard InChI is InChI=1S/C14H13NO3/c1-15(17)14(16)11-7-9-13(10-8-11)18-12-5-3-2-4-6-12/h2-10,17H,1H3. The van der Waals surface area contributed by atoms with E-state index >= 15 is 0 Å². The first-order valence-corrected chi connectivity index (χ1v) is 5.47. The third-order valence-electron chi connectivity index (χ3n) is 2.37. The smallest absolute Gasteiger partial charge is 0.276 e. The summed E-state index contributed by atoms with van der Waals surface area (Å²) < 4.78 is 5.59. The van der Waals surface area contributed by atoms with Crippen LogP contribution in [0.3, 0.4) is 0 Å². The van der Waals surface area contributed by atoms with E-state index in [1.807, 2.05) is 30.3 Å². The molecule has 0 radical (unpaired) electrons. The third-order valence-corrected chi connectivity index (χ3v) is 2.37. The first-order chi connectivity index (χ1) is 8.66. The molecule has 2 aromatic rings. The van der Waals surface area contributed by atoms with Gasteiger partial charge < -0.3 is 4.74 Å². The van der Waals surface area contributed by atoms with Gasteiger partial charge in [-0.3, -0.25) is 10.0 Å². The zero-order chi connectivity index (χ0) is 13.0. The van der Waals surface area contributed by atoms with E-state index in [9.17, 15) is 4.79 Å². The summed E-state index contributed by atoms with van der Waals surface area (Å²) in [5, 5.41) is 9.58. The Bertz CT molecular complexity index is 520. The SMILES string of the molecule is CN(O)C(=O)c1ccc(Oc2ccccc2)cc1. The number of hydrogen-bond donors (Lipinski definition) is 1. The van der Waals surface area contributed by atoms with Crippen LogP contribution in [0.15, 0.2) is 54.6 Å². The second kappa shape index (κ2) is 5.33. The summed E-state index contributed by atoms with van der Waals surface area (Å²) in [4.78, 5) is 11.4. The van der Waals surface area contributed by atoms with E-state index < -0.39 is 5.91 Å². The predicted molar refractivity (Wildman–Crippen MR) is 66.8 cm³/mol. The van der Waals surface area contributed by atoms with Gasteiger partial charge in [0.25, 0.3) is 5.91 Å². The number of ether oxygens (including phenoxy) is 1. The average Bonchev–Trinajstić information content (AvgIpc) is 2.40. The maximum absolute atomic E-state index is 11.4. The van der Waals surface area contributed by atoms with Crippen molar-refractivity contribution in [2.45, 2.75) is 0 Å². The Morgan fingerprint density at radius 1 is 1.00 bits per heavy atom. The molecule has 0 aliphatic rings. The molecule has 2 aromatic carbocycles. The van der Waals surface area contributed by atoms with Crippen molar-refractivity contribution in [3.05, 3.63) is 60.2 Å². The van der Waals surface area contributed by atoms with Gasteiger partial charge in [0, 0.05) is 12.6 Å². The Balaban J connectivity index is 2.11. The summed E-state index contributed by atoms with van der Waals surface area (Å²) in [6.07, 6.45) is 0. The normalized spacial score (nSPS) is 9.89. The van der Waals surface area contributed by atoms with E-state index in [0.29, 0.717) is 16.4 Å². The van der Waals surface area contributed by atoms with E-state index in [1.54, 1.807) is 24.3 Å². The Morgan fingerprint density at radius 3 is 2.11 bits per heavy atom. The topological polar surface area (TPSA) is 49.8 Å². The minimum absolute atomic E-state index is 0.403. The Morgan fingerprint density at radius 2 is 1.56 bits per heavy atom. The lowest BCUT2D eigenvalue weighted by Crippen LogP contribution is -2.22. The molecule has 0 saturated heterocycles. The molecule has 0 fully saturated rings. The number of para-hydroxylation sites is 1. The number of hydroxylamine groups is 2. The molecule has 0 aliphatic heterocycles. The highest BCUT2D eigenvalue weighted by molar-refractivity contribution is 5.93. The summed E-state index contributed by atoms with van der Waals surface area (Å²) >= 11 is 0. The quantitative estimate of drug-likeness (QED) is 0.666. The van der Waals surface area contributed by atoms with E-state index in [1.165, 1.54) is 7.05 Å². The van der Waals surface area contributed by atoms with Gasteiger partial charge in [0.15, 0.2) is 0 Å². The molecule has 0 unspecified atom stereocenters. The number of amides is 1. The highest BCUT2D eigenvalue weighted by atomic mass is 16.5. The number of benzene rings is 2. The highest BCUT2D eigenvalue weighted by Gasteiger charge is 2.08. The van der Waals surface area contributed by atoms with Gasteiger partial charge in [0.05, 0.1) is 0 Å². The highest BCUT2D eigenvalue weighted by Crippen LogP contribution is 2.21. The minimum Gasteiger partial charge on any atom is -0.457 e. The molecule has 0 heterocycles. The van der Waals surface area contributed by atoms with Crippen molar-refractivity contribution in [3.8, 4) is 11.5 Å². The molecular weight excluding hydrogens is 230 g/mol. The zero-order valence-electron chi connectivity index (χ0n) is 9.91. The Hall–Kier alpha value is -2.33. The molecular formula is C14H13NO3. The molecule has 92 valence electrons. The van der Waals surface area contributed by atoms with Crippen LogP contribution >= 0.6 is 0 Å². The number of hydrogen-bond acceptors (Lipinski definition) is 3. The number of carbonyl (C=O) groups is 1. The lowest BCUT2D eigenvalue weighted by atomic mass is 10.2. The fourth-order valence-electron chi connectivity index (χ4n) is 1.48. The summed E-state index contributed by atoms with van der Waals surface area (Å²) in [5.41, 5.74) is 0.403. The van der Waals surface area contributed by atoms with Crippen molar-refractivity contribution in [2.24, 2.45) is 0 Å². The fourth-order valence-corrected chi connectivity index (χ4v) is 1.48. The van der Waals surface area contributed by atoms with Crippen molar-refractivity contribution >= 4 is 5.91 Å². The lowest BCUT2D eigenvalue weighted by Gasteiger charge is -2.09. The van der Waals surface area contributed by atoms with Crippen LogP contribution < -0.4 is 4.74 Å². The van der Waals surface area contributed by atoms with Crippen molar-refractivity contribution in [2.75, 3.05) is 7.05 Å². The zero-order valence-corrected chi connectivity index (χ0v) is 9.91. The van der Waals surface area contributed by atoms with Crippen molar-refractivity contribution in [1.82, 2.24) is 5.06 Å². The van der Waals surface area contributed by atoms with Crippen LogP contribution in [0.25, 0.3) is 0 Å². The van der Waals surface area contributed by atoms with Crippen LogP contribution in [0.4, 0.5) is 0 Å². The van der Waals surface area contributed by atoms with Crippen molar-refractivity contribution < 1.29 is 14.7 Å². The molecule has 2 rings (SSSR count). The molecule has 1 N–H and O–H groups in total. The van der Waals surface area contributed by atoms with Gasteiger partial charge in [-0.2, -0.15) is 0 Å². The van der Waals surface area contributed by atoms with Gasteiger partial charge in [0.1, 0.15) is 11.5 Å². The summed E-state index contributed by atoms with van der Waals surface area (Å²) in [6, 6.07) is 15.9. The summed E-state index contributed by atoms with van der Waals surface area (Å²) in [7, 11) is 1.29. The molecule has 4 nitrogen and oxygen atoms in total. The minimum atomic E-state index is -0.457. The van der Waals surface area contributed by atoms with E-state index in [4.69, 9.17) is 9.94 Å². The van der Waals surface area contributed by atoms with Crippen molar-refractivity contribution in [1.29, 1.82) is 0 Å². The molecule has 1 amide bonds. The van der Waals surface area contributed by atoms with Crippen LogP contribution in [-0.4, -0.2) is 23.2 Å². The van der Waals surface area contributed by atoms with Gasteiger partial charge in [-0.05, 0) is 36.4 Å². The maximum Gasteiger partial charge on any atom is 0.276 e. The third kappa shape index (κ3) is 2.87. The molecule has 0 atom stereocenters.